The van der Waals surface area contributed by atoms with Gasteiger partial charge >= 0.3 is 5.69 Å². The fourth-order valence-electron chi connectivity index (χ4n) is 1.39. The molecule has 0 bridgehead atoms. The largest absolute Gasteiger partial charge is 0.502 e. The lowest BCUT2D eigenvalue weighted by Gasteiger charge is -2.08. The van der Waals surface area contributed by atoms with Crippen LogP contribution in [0.5, 0.6) is 5.75 Å². The van der Waals surface area contributed by atoms with Gasteiger partial charge in [0.2, 0.25) is 0 Å². The summed E-state index contributed by atoms with van der Waals surface area (Å²) in [5.74, 6) is -0.378. The van der Waals surface area contributed by atoms with Gasteiger partial charge in [-0.15, -0.1) is 0 Å². The molecule has 80 valence electrons. The summed E-state index contributed by atoms with van der Waals surface area (Å²) in [4.78, 5) is 9.79. The normalized spacial score (nSPS) is 16.8. The molecule has 0 atom stereocenters. The first kappa shape index (κ1) is 9.88. The van der Waals surface area contributed by atoms with Crippen LogP contribution in [0.15, 0.2) is 18.2 Å². The summed E-state index contributed by atoms with van der Waals surface area (Å²) >= 11 is 0. The van der Waals surface area contributed by atoms with Crippen LogP contribution in [0.1, 0.15) is 11.9 Å². The van der Waals surface area contributed by atoms with Crippen LogP contribution in [0.3, 0.4) is 0 Å². The van der Waals surface area contributed by atoms with Gasteiger partial charge in [-0.1, -0.05) is 0 Å². The third-order valence-electron chi connectivity index (χ3n) is 2.09. The molecule has 1 aromatic carbocycles. The lowest BCUT2D eigenvalue weighted by Crippen LogP contribution is -1.98. The van der Waals surface area contributed by atoms with E-state index in [-0.39, 0.29) is 11.4 Å². The van der Waals surface area contributed by atoms with Gasteiger partial charge in [-0.3, -0.25) is 10.1 Å². The fourth-order valence-corrected chi connectivity index (χ4v) is 1.39. The second-order valence-corrected chi connectivity index (χ2v) is 3.08. The molecule has 0 amide bonds. The Bertz CT molecular complexity index is 386. The van der Waals surface area contributed by atoms with E-state index < -0.39 is 11.2 Å². The van der Waals surface area contributed by atoms with Gasteiger partial charge in [0.05, 0.1) is 18.1 Å². The van der Waals surface area contributed by atoms with E-state index in [1.54, 1.807) is 0 Å². The van der Waals surface area contributed by atoms with Crippen LogP contribution in [0, 0.1) is 10.1 Å². The molecule has 0 aromatic heterocycles. The molecule has 1 aromatic rings. The number of hydrogen-bond donors (Lipinski definition) is 1. The summed E-state index contributed by atoms with van der Waals surface area (Å²) in [5.41, 5.74) is 0.257. The quantitative estimate of drug-likeness (QED) is 0.589. The lowest BCUT2D eigenvalue weighted by molar-refractivity contribution is -0.385. The highest BCUT2D eigenvalue weighted by Crippen LogP contribution is 2.31. The molecule has 0 spiro atoms. The molecular weight excluding hydrogens is 202 g/mol. The van der Waals surface area contributed by atoms with Gasteiger partial charge in [-0.25, -0.2) is 0 Å². The van der Waals surface area contributed by atoms with Crippen molar-refractivity contribution in [3.05, 3.63) is 33.9 Å². The highest BCUT2D eigenvalue weighted by Gasteiger charge is 2.21. The minimum atomic E-state index is -0.643. The maximum Gasteiger partial charge on any atom is 0.310 e. The Hall–Kier alpha value is -1.66. The van der Waals surface area contributed by atoms with Gasteiger partial charge in [0, 0.05) is 11.6 Å². The predicted octanol–water partition coefficient (Wildman–Crippen LogP) is 1.35. The maximum atomic E-state index is 10.4. The first-order valence-electron chi connectivity index (χ1n) is 4.39. The average Bonchev–Trinajstić information content (AvgIpc) is 2.69. The molecule has 2 rings (SSSR count). The Morgan fingerprint density at radius 1 is 1.40 bits per heavy atom. The first-order chi connectivity index (χ1) is 7.18. The standard InChI is InChI=1S/C9H9NO5/c11-8-5-6(9-14-3-4-15-9)1-2-7(8)10(12)13/h1-2,5,9,11H,3-4H2. The molecule has 0 radical (unpaired) electrons. The number of phenolic OH excluding ortho intramolecular Hbond substituents is 1. The second kappa shape index (κ2) is 3.84. The predicted molar refractivity (Wildman–Crippen MR) is 49.4 cm³/mol. The molecule has 15 heavy (non-hydrogen) atoms. The first-order valence-corrected chi connectivity index (χ1v) is 4.39. The van der Waals surface area contributed by atoms with Crippen LogP contribution in [0.25, 0.3) is 0 Å². The van der Waals surface area contributed by atoms with Crippen molar-refractivity contribution < 1.29 is 19.5 Å². The summed E-state index contributed by atoms with van der Waals surface area (Å²) in [6.45, 7) is 0.977. The molecule has 6 heteroatoms. The number of ether oxygens (including phenoxy) is 2. The summed E-state index contributed by atoms with van der Waals surface area (Å²) in [6, 6.07) is 4.03. The van der Waals surface area contributed by atoms with Crippen molar-refractivity contribution in [3.63, 3.8) is 0 Å². The maximum absolute atomic E-state index is 10.4. The van der Waals surface area contributed by atoms with E-state index in [1.807, 2.05) is 0 Å². The molecule has 1 fully saturated rings. The molecule has 1 N–H and O–H groups in total. The van der Waals surface area contributed by atoms with Gasteiger partial charge in [-0.2, -0.15) is 0 Å². The van der Waals surface area contributed by atoms with Crippen molar-refractivity contribution in [2.24, 2.45) is 0 Å². The van der Waals surface area contributed by atoms with Crippen molar-refractivity contribution in [1.29, 1.82) is 0 Å². The topological polar surface area (TPSA) is 81.8 Å². The zero-order chi connectivity index (χ0) is 10.8. The molecule has 0 aliphatic carbocycles. The Kier molecular flexibility index (Phi) is 2.53. The monoisotopic (exact) mass is 211 g/mol. The zero-order valence-corrected chi connectivity index (χ0v) is 7.75. The van der Waals surface area contributed by atoms with E-state index >= 15 is 0 Å². The SMILES string of the molecule is O=[N+]([O-])c1ccc(C2OCCO2)cc1O. The number of nitro benzene ring substituents is 1. The van der Waals surface area contributed by atoms with Crippen molar-refractivity contribution in [3.8, 4) is 5.75 Å². The number of nitrogens with zero attached hydrogens (tertiary/aromatic N) is 1. The van der Waals surface area contributed by atoms with Crippen LogP contribution < -0.4 is 0 Å². The number of phenols is 1. The molecule has 1 saturated heterocycles. The van der Waals surface area contributed by atoms with Gasteiger partial charge in [-0.05, 0) is 12.1 Å². The van der Waals surface area contributed by atoms with E-state index in [2.05, 4.69) is 0 Å². The molecule has 1 heterocycles. The molecular formula is C9H9NO5. The second-order valence-electron chi connectivity index (χ2n) is 3.08. The Balaban J connectivity index is 2.28. The Labute approximate surface area is 85.2 Å². The Morgan fingerprint density at radius 2 is 2.07 bits per heavy atom. The smallest absolute Gasteiger partial charge is 0.310 e. The number of nitro groups is 1. The van der Waals surface area contributed by atoms with E-state index in [0.717, 1.165) is 0 Å². The number of aromatic hydroxyl groups is 1. The zero-order valence-electron chi connectivity index (χ0n) is 7.75. The Morgan fingerprint density at radius 3 is 2.60 bits per heavy atom. The molecule has 0 unspecified atom stereocenters. The van der Waals surface area contributed by atoms with E-state index in [9.17, 15) is 15.2 Å². The summed E-state index contributed by atoms with van der Waals surface area (Å²) in [7, 11) is 0. The number of benzene rings is 1. The number of rotatable bonds is 2. The molecule has 6 nitrogen and oxygen atoms in total. The third-order valence-corrected chi connectivity index (χ3v) is 2.09. The van der Waals surface area contributed by atoms with Gasteiger partial charge < -0.3 is 14.6 Å². The van der Waals surface area contributed by atoms with Crippen LogP contribution in [-0.2, 0) is 9.47 Å². The lowest BCUT2D eigenvalue weighted by atomic mass is 10.2. The minimum Gasteiger partial charge on any atom is -0.502 e. The summed E-state index contributed by atoms with van der Waals surface area (Å²) in [6.07, 6.45) is -0.531. The third kappa shape index (κ3) is 1.90. The highest BCUT2D eigenvalue weighted by atomic mass is 16.7. The van der Waals surface area contributed by atoms with E-state index in [1.165, 1.54) is 18.2 Å². The van der Waals surface area contributed by atoms with Crippen LogP contribution >= 0.6 is 0 Å². The summed E-state index contributed by atoms with van der Waals surface area (Å²) in [5, 5.41) is 19.8. The van der Waals surface area contributed by atoms with Crippen molar-refractivity contribution >= 4 is 5.69 Å². The summed E-state index contributed by atoms with van der Waals surface area (Å²) < 4.78 is 10.4. The molecule has 1 aliphatic rings. The number of hydrogen-bond acceptors (Lipinski definition) is 5. The van der Waals surface area contributed by atoms with Crippen molar-refractivity contribution in [1.82, 2.24) is 0 Å². The van der Waals surface area contributed by atoms with Gasteiger partial charge in [0.15, 0.2) is 12.0 Å². The fraction of sp³-hybridized carbons (Fsp3) is 0.333. The van der Waals surface area contributed by atoms with Crippen molar-refractivity contribution in [2.45, 2.75) is 6.29 Å². The van der Waals surface area contributed by atoms with Crippen LogP contribution in [-0.4, -0.2) is 23.2 Å². The van der Waals surface area contributed by atoms with Gasteiger partial charge in [0.1, 0.15) is 0 Å². The average molecular weight is 211 g/mol. The van der Waals surface area contributed by atoms with Crippen LogP contribution in [0.4, 0.5) is 5.69 Å². The van der Waals surface area contributed by atoms with Gasteiger partial charge in [0.25, 0.3) is 0 Å². The van der Waals surface area contributed by atoms with E-state index in [4.69, 9.17) is 9.47 Å². The molecule has 0 saturated carbocycles. The van der Waals surface area contributed by atoms with Crippen LogP contribution in [0.2, 0.25) is 0 Å². The minimum absolute atomic E-state index is 0.322. The van der Waals surface area contributed by atoms with E-state index in [0.29, 0.717) is 18.8 Å². The van der Waals surface area contributed by atoms with Crippen molar-refractivity contribution in [2.75, 3.05) is 13.2 Å². The highest BCUT2D eigenvalue weighted by molar-refractivity contribution is 5.47. The molecule has 1 aliphatic heterocycles.